The van der Waals surface area contributed by atoms with Crippen molar-refractivity contribution in [3.63, 3.8) is 0 Å². The number of nitrogens with two attached hydrogens (primary N) is 5. The molecule has 0 saturated heterocycles. The predicted octanol–water partition coefficient (Wildman–Crippen LogP) is -0.453. The molecule has 2 heterocycles. The van der Waals surface area contributed by atoms with E-state index in [0.717, 1.165) is 4.57 Å². The quantitative estimate of drug-likeness (QED) is 0.581. The minimum absolute atomic E-state index is 0. The van der Waals surface area contributed by atoms with E-state index in [0.29, 0.717) is 5.65 Å². The van der Waals surface area contributed by atoms with Crippen molar-refractivity contribution in [3.05, 3.63) is 57.9 Å². The molecule has 0 fully saturated rings. The summed E-state index contributed by atoms with van der Waals surface area (Å²) in [7, 11) is 3.01. The van der Waals surface area contributed by atoms with Gasteiger partial charge in [-0.2, -0.15) is 0 Å². The number of H-pyrrole nitrogens is 1. The van der Waals surface area contributed by atoms with Gasteiger partial charge in [0.25, 0.3) is 5.56 Å². The van der Waals surface area contributed by atoms with Crippen LogP contribution in [-0.4, -0.2) is 19.1 Å². The number of halogens is 1. The summed E-state index contributed by atoms with van der Waals surface area (Å²) in [6.07, 6.45) is 1.39. The Morgan fingerprint density at radius 2 is 1.45 bits per heavy atom. The predicted molar refractivity (Wildman–Crippen MR) is 73.0 cm³/mol. The van der Waals surface area contributed by atoms with Crippen molar-refractivity contribution in [2.75, 3.05) is 0 Å². The van der Waals surface area contributed by atoms with Gasteiger partial charge < -0.3 is 48.1 Å². The monoisotopic (exact) mass is 397 g/mol. The maximum Gasteiger partial charge on any atom is 8.00 e. The molecule has 0 amide bonds. The number of aryl methyl sites for hydroxylation is 1. The van der Waals surface area contributed by atoms with Gasteiger partial charge in [-0.25, -0.2) is 9.78 Å². The topological polar surface area (TPSA) is 240 Å². The largest absolute Gasteiger partial charge is 8.00 e. The van der Waals surface area contributed by atoms with Crippen molar-refractivity contribution in [3.8, 4) is 0 Å². The number of nitrogens with one attached hydrogen (secondary N) is 1. The molecule has 2 aromatic heterocycles. The van der Waals surface area contributed by atoms with Crippen molar-refractivity contribution in [2.24, 2.45) is 14.1 Å². The zero-order valence-electron chi connectivity index (χ0n) is 10.9. The molecular weight excluding hydrogens is 379 g/mol. The van der Waals surface area contributed by atoms with E-state index in [9.17, 15) is 9.59 Å². The molecule has 20 heavy (non-hydrogen) atoms. The normalized spacial score (nSPS) is 7.10. The van der Waals surface area contributed by atoms with Crippen LogP contribution in [0.4, 0.5) is 0 Å². The van der Waals surface area contributed by atoms with Gasteiger partial charge in [-0.3, -0.25) is 13.9 Å². The zero-order valence-corrected chi connectivity index (χ0v) is 13.3. The van der Waals surface area contributed by atoms with Crippen LogP contribution in [0.1, 0.15) is 0 Å². The van der Waals surface area contributed by atoms with Crippen LogP contribution in [0.15, 0.2) is 15.9 Å². The van der Waals surface area contributed by atoms with Gasteiger partial charge in [0, 0.05) is 14.1 Å². The van der Waals surface area contributed by atoms with Crippen molar-refractivity contribution in [1.29, 1.82) is 0 Å². The van der Waals surface area contributed by atoms with Gasteiger partial charge in [0.15, 0.2) is 5.52 Å². The number of imidazole rings is 1. The van der Waals surface area contributed by atoms with E-state index in [4.69, 9.17) is 0 Å². The van der Waals surface area contributed by atoms with Crippen LogP contribution in [0.25, 0.3) is 41.9 Å². The third-order valence-corrected chi connectivity index (χ3v) is 2.04. The van der Waals surface area contributed by atoms with Crippen LogP contribution in [0.3, 0.4) is 0 Å². The van der Waals surface area contributed by atoms with Gasteiger partial charge in [-0.05, 0) is 0 Å². The van der Waals surface area contributed by atoms with Crippen molar-refractivity contribution < 1.29 is 31.9 Å². The summed E-state index contributed by atoms with van der Waals surface area (Å²) in [5.41, 5.74) is -0.00111. The average Bonchev–Trinajstić information content (AvgIpc) is 2.59. The molecule has 0 saturated carbocycles. The number of nitrogens with zero attached hydrogens (tertiary/aromatic N) is 3. The Bertz CT molecular complexity index is 592. The van der Waals surface area contributed by atoms with Gasteiger partial charge in [-0.15, -0.1) is 0 Å². The standard InChI is InChI=1S/C7H8N4O2.ClH.5H2N.Ru/c1-10-5-4(8-3-9-5)6(12)11(2)7(10)13;;;;;;;/h3H,1-2H3,(H,8,9);1H;5*1H2;/q;;5*-1;+8/p-1. The summed E-state index contributed by atoms with van der Waals surface area (Å²) in [6, 6.07) is 0. The first-order valence-electron chi connectivity index (χ1n) is 3.72. The molecule has 11 nitrogen and oxygen atoms in total. The molecule has 0 aromatic carbocycles. The maximum absolute atomic E-state index is 11.4. The molecule has 0 bridgehead atoms. The summed E-state index contributed by atoms with van der Waals surface area (Å²) in [4.78, 5) is 29.4. The molecule has 2 rings (SSSR count). The Kier molecular flexibility index (Phi) is 23.4. The molecule has 0 unspecified atom stereocenters. The van der Waals surface area contributed by atoms with Crippen LogP contribution < -0.4 is 23.7 Å². The molecular formula is C7H18ClN9O2Ru+2. The van der Waals surface area contributed by atoms with E-state index < -0.39 is 0 Å². The van der Waals surface area contributed by atoms with Gasteiger partial charge in [-0.1, -0.05) is 0 Å². The van der Waals surface area contributed by atoms with Crippen molar-refractivity contribution in [1.82, 2.24) is 19.1 Å². The summed E-state index contributed by atoms with van der Waals surface area (Å²) in [6.45, 7) is 0. The number of rotatable bonds is 0. The van der Waals surface area contributed by atoms with Crippen molar-refractivity contribution >= 4 is 11.2 Å². The van der Waals surface area contributed by atoms with Crippen LogP contribution in [0.2, 0.25) is 0 Å². The smallest absolute Gasteiger partial charge is 1.00 e. The third kappa shape index (κ3) is 5.09. The number of aromatic amines is 1. The summed E-state index contributed by atoms with van der Waals surface area (Å²) < 4.78 is 2.38. The van der Waals surface area contributed by atoms with E-state index in [-0.39, 0.29) is 79.4 Å². The zero-order chi connectivity index (χ0) is 9.59. The van der Waals surface area contributed by atoms with Gasteiger partial charge in [0.1, 0.15) is 5.65 Å². The molecule has 0 atom stereocenters. The second-order valence-corrected chi connectivity index (χ2v) is 2.81. The Morgan fingerprint density at radius 3 is 1.90 bits per heavy atom. The minimum atomic E-state index is -0.376. The van der Waals surface area contributed by atoms with Crippen LogP contribution in [-0.2, 0) is 33.6 Å². The number of hydrogen-bond acceptors (Lipinski definition) is 3. The summed E-state index contributed by atoms with van der Waals surface area (Å²) in [5.74, 6) is 0. The number of aromatic nitrogens is 4. The second-order valence-electron chi connectivity index (χ2n) is 2.81. The van der Waals surface area contributed by atoms with Crippen LogP contribution >= 0.6 is 0 Å². The van der Waals surface area contributed by atoms with Crippen molar-refractivity contribution in [2.45, 2.75) is 0 Å². The molecule has 2 aromatic rings. The molecule has 0 aliphatic carbocycles. The fourth-order valence-corrected chi connectivity index (χ4v) is 1.27. The van der Waals surface area contributed by atoms with Gasteiger partial charge >= 0.3 is 25.2 Å². The molecule has 116 valence electrons. The van der Waals surface area contributed by atoms with E-state index in [2.05, 4.69) is 9.97 Å². The fourth-order valence-electron chi connectivity index (χ4n) is 1.27. The first-order chi connectivity index (χ1) is 6.13. The maximum atomic E-state index is 11.4. The number of hydrogen-bond donors (Lipinski definition) is 1. The molecule has 0 spiro atoms. The molecule has 0 aliphatic rings. The molecule has 0 radical (unpaired) electrons. The number of fused-ring (bicyclic) bond motifs is 1. The van der Waals surface area contributed by atoms with Crippen LogP contribution in [0, 0.1) is 0 Å². The Balaban J connectivity index is -0.0000000700. The molecule has 13 heteroatoms. The first kappa shape index (κ1) is 36.4. The Hall–Kier alpha value is -1.14. The van der Waals surface area contributed by atoms with E-state index >= 15 is 0 Å². The Labute approximate surface area is 134 Å². The average molecular weight is 397 g/mol. The Morgan fingerprint density at radius 1 is 1.00 bits per heavy atom. The van der Waals surface area contributed by atoms with Gasteiger partial charge in [0.2, 0.25) is 0 Å². The molecule has 11 N–H and O–H groups in total. The van der Waals surface area contributed by atoms with E-state index in [1.54, 1.807) is 7.05 Å². The van der Waals surface area contributed by atoms with E-state index in [1.165, 1.54) is 17.9 Å². The summed E-state index contributed by atoms with van der Waals surface area (Å²) >= 11 is 0. The minimum Gasteiger partial charge on any atom is -1.00 e. The second kappa shape index (κ2) is 12.9. The summed E-state index contributed by atoms with van der Waals surface area (Å²) in [5, 5.41) is 0. The van der Waals surface area contributed by atoms with E-state index in [1.807, 2.05) is 0 Å². The third-order valence-electron chi connectivity index (χ3n) is 2.04. The first-order valence-corrected chi connectivity index (χ1v) is 3.72. The molecule has 0 aliphatic heterocycles. The van der Waals surface area contributed by atoms with Gasteiger partial charge in [0.05, 0.1) is 6.33 Å². The SMILES string of the molecule is Cn1c(=O)c2nc[nH]c2n(C)c1=O.[Cl-].[NH2-].[NH2-].[NH2-].[NH2-].[NH2-].[Ru+8]. The fraction of sp³-hybridized carbons (Fsp3) is 0.286. The van der Waals surface area contributed by atoms with Crippen LogP contribution in [0.5, 0.6) is 0 Å².